The molecule has 0 fully saturated rings. The van der Waals surface area contributed by atoms with Crippen LogP contribution in [0.1, 0.15) is 17.9 Å². The Morgan fingerprint density at radius 2 is 1.94 bits per heavy atom. The molecule has 0 spiro atoms. The van der Waals surface area contributed by atoms with Crippen molar-refractivity contribution in [2.45, 2.75) is 12.3 Å². The molecule has 1 aromatic rings. The molecule has 1 unspecified atom stereocenters. The first-order valence-electron chi connectivity index (χ1n) is 5.45. The van der Waals surface area contributed by atoms with E-state index in [0.29, 0.717) is 11.6 Å². The lowest BCUT2D eigenvalue weighted by Crippen LogP contribution is -2.32. The number of rotatable bonds is 7. The standard InChI is InChI=1S/C12H15ClN2O3/c13-10-3-1-8(2-4-10)9(5-12(17)18)6-15-7-11(14)16/h1-4,9,15H,5-7H2,(H2,14,16)(H,17,18). The Kier molecular flexibility index (Phi) is 5.61. The minimum Gasteiger partial charge on any atom is -0.481 e. The van der Waals surface area contributed by atoms with Gasteiger partial charge in [-0.25, -0.2) is 0 Å². The Labute approximate surface area is 110 Å². The van der Waals surface area contributed by atoms with E-state index >= 15 is 0 Å². The highest BCUT2D eigenvalue weighted by Crippen LogP contribution is 2.21. The van der Waals surface area contributed by atoms with Crippen LogP contribution in [0.4, 0.5) is 0 Å². The van der Waals surface area contributed by atoms with Gasteiger partial charge in [0.25, 0.3) is 0 Å². The van der Waals surface area contributed by atoms with E-state index < -0.39 is 11.9 Å². The summed E-state index contributed by atoms with van der Waals surface area (Å²) in [6.07, 6.45) is -0.0204. The number of halogens is 1. The number of nitrogens with one attached hydrogen (secondary N) is 1. The molecule has 18 heavy (non-hydrogen) atoms. The number of benzene rings is 1. The van der Waals surface area contributed by atoms with Crippen LogP contribution in [-0.2, 0) is 9.59 Å². The molecule has 0 saturated carbocycles. The van der Waals surface area contributed by atoms with E-state index in [9.17, 15) is 9.59 Å². The van der Waals surface area contributed by atoms with Gasteiger partial charge >= 0.3 is 5.97 Å². The van der Waals surface area contributed by atoms with Gasteiger partial charge < -0.3 is 16.2 Å². The first kappa shape index (κ1) is 14.5. The zero-order valence-electron chi connectivity index (χ0n) is 9.73. The van der Waals surface area contributed by atoms with Gasteiger partial charge in [-0.2, -0.15) is 0 Å². The van der Waals surface area contributed by atoms with Crippen molar-refractivity contribution in [1.82, 2.24) is 5.32 Å². The van der Waals surface area contributed by atoms with Crippen LogP contribution in [0.25, 0.3) is 0 Å². The maximum atomic E-state index is 10.8. The van der Waals surface area contributed by atoms with Crippen LogP contribution in [0.2, 0.25) is 5.02 Å². The summed E-state index contributed by atoms with van der Waals surface area (Å²) in [4.78, 5) is 21.4. The fraction of sp³-hybridized carbons (Fsp3) is 0.333. The van der Waals surface area contributed by atoms with Crippen LogP contribution in [0.3, 0.4) is 0 Å². The number of aliphatic carboxylic acids is 1. The Bertz CT molecular complexity index is 420. The second kappa shape index (κ2) is 6.98. The van der Waals surface area contributed by atoms with Crippen LogP contribution in [0.5, 0.6) is 0 Å². The summed E-state index contributed by atoms with van der Waals surface area (Å²) in [7, 11) is 0. The number of amides is 1. The number of hydrogen-bond donors (Lipinski definition) is 3. The van der Waals surface area contributed by atoms with Gasteiger partial charge in [0.2, 0.25) is 5.91 Å². The second-order valence-electron chi connectivity index (χ2n) is 3.94. The summed E-state index contributed by atoms with van der Waals surface area (Å²) in [6.45, 7) is 0.403. The summed E-state index contributed by atoms with van der Waals surface area (Å²) in [5.41, 5.74) is 5.86. The third-order valence-electron chi connectivity index (χ3n) is 2.45. The average molecular weight is 271 g/mol. The van der Waals surface area contributed by atoms with Gasteiger partial charge in [-0.05, 0) is 17.7 Å². The van der Waals surface area contributed by atoms with Crippen LogP contribution in [0, 0.1) is 0 Å². The highest BCUT2D eigenvalue weighted by Gasteiger charge is 2.15. The molecule has 0 bridgehead atoms. The largest absolute Gasteiger partial charge is 0.481 e. The Morgan fingerprint density at radius 1 is 1.33 bits per heavy atom. The van der Waals surface area contributed by atoms with Gasteiger partial charge in [-0.15, -0.1) is 0 Å². The van der Waals surface area contributed by atoms with E-state index in [1.807, 2.05) is 0 Å². The predicted octanol–water partition coefficient (Wildman–Crippen LogP) is 0.973. The molecule has 0 aliphatic rings. The molecular weight excluding hydrogens is 256 g/mol. The fourth-order valence-corrected chi connectivity index (χ4v) is 1.75. The normalized spacial score (nSPS) is 12.1. The molecule has 98 valence electrons. The lowest BCUT2D eigenvalue weighted by Gasteiger charge is -2.15. The molecule has 0 aliphatic carbocycles. The van der Waals surface area contributed by atoms with Gasteiger partial charge in [0.1, 0.15) is 0 Å². The molecule has 1 atom stereocenters. The SMILES string of the molecule is NC(=O)CNCC(CC(=O)O)c1ccc(Cl)cc1. The molecule has 5 nitrogen and oxygen atoms in total. The Morgan fingerprint density at radius 3 is 2.44 bits per heavy atom. The highest BCUT2D eigenvalue weighted by molar-refractivity contribution is 6.30. The highest BCUT2D eigenvalue weighted by atomic mass is 35.5. The summed E-state index contributed by atoms with van der Waals surface area (Å²) in [5.74, 6) is -1.59. The number of carbonyl (C=O) groups excluding carboxylic acids is 1. The molecule has 1 rings (SSSR count). The number of nitrogens with two attached hydrogens (primary N) is 1. The van der Waals surface area contributed by atoms with Crippen molar-refractivity contribution >= 4 is 23.5 Å². The quantitative estimate of drug-likeness (QED) is 0.688. The minimum atomic E-state index is -0.893. The molecular formula is C12H15ClN2O3. The monoisotopic (exact) mass is 270 g/mol. The molecule has 6 heteroatoms. The van der Waals surface area contributed by atoms with E-state index in [-0.39, 0.29) is 18.9 Å². The smallest absolute Gasteiger partial charge is 0.304 e. The van der Waals surface area contributed by atoms with Gasteiger partial charge in [0.15, 0.2) is 0 Å². The molecule has 1 amide bonds. The first-order chi connectivity index (χ1) is 8.49. The summed E-state index contributed by atoms with van der Waals surface area (Å²) in [5, 5.41) is 12.3. The third-order valence-corrected chi connectivity index (χ3v) is 2.70. The maximum absolute atomic E-state index is 10.8. The van der Waals surface area contributed by atoms with E-state index in [4.69, 9.17) is 22.4 Å². The van der Waals surface area contributed by atoms with Crippen LogP contribution in [-0.4, -0.2) is 30.1 Å². The van der Waals surface area contributed by atoms with Gasteiger partial charge in [-0.1, -0.05) is 23.7 Å². The first-order valence-corrected chi connectivity index (χ1v) is 5.83. The van der Waals surface area contributed by atoms with Gasteiger partial charge in [0, 0.05) is 17.5 Å². The lowest BCUT2D eigenvalue weighted by molar-refractivity contribution is -0.137. The summed E-state index contributed by atoms with van der Waals surface area (Å²) in [6, 6.07) is 6.98. The second-order valence-corrected chi connectivity index (χ2v) is 4.38. The van der Waals surface area contributed by atoms with E-state index in [1.165, 1.54) is 0 Å². The predicted molar refractivity (Wildman–Crippen MR) is 68.5 cm³/mol. The zero-order valence-corrected chi connectivity index (χ0v) is 10.5. The molecule has 0 aliphatic heterocycles. The van der Waals surface area contributed by atoms with Gasteiger partial charge in [-0.3, -0.25) is 9.59 Å². The van der Waals surface area contributed by atoms with Crippen molar-refractivity contribution < 1.29 is 14.7 Å². The van der Waals surface area contributed by atoms with E-state index in [1.54, 1.807) is 24.3 Å². The zero-order chi connectivity index (χ0) is 13.5. The minimum absolute atomic E-state index is 0.0204. The topological polar surface area (TPSA) is 92.4 Å². The van der Waals surface area contributed by atoms with Crippen molar-refractivity contribution in [2.75, 3.05) is 13.1 Å². The third kappa shape index (κ3) is 5.16. The van der Waals surface area contributed by atoms with Crippen molar-refractivity contribution in [3.63, 3.8) is 0 Å². The van der Waals surface area contributed by atoms with Crippen LogP contribution >= 0.6 is 11.6 Å². The number of carboxylic acid groups (broad SMARTS) is 1. The number of hydrogen-bond acceptors (Lipinski definition) is 3. The Balaban J connectivity index is 2.68. The van der Waals surface area contributed by atoms with Crippen molar-refractivity contribution in [1.29, 1.82) is 0 Å². The fourth-order valence-electron chi connectivity index (χ4n) is 1.62. The molecule has 0 radical (unpaired) electrons. The number of primary amides is 1. The van der Waals surface area contributed by atoms with E-state index in [0.717, 1.165) is 5.56 Å². The lowest BCUT2D eigenvalue weighted by atomic mass is 9.96. The summed E-state index contributed by atoms with van der Waals surface area (Å²) < 4.78 is 0. The molecule has 0 aromatic heterocycles. The average Bonchev–Trinajstić information content (AvgIpc) is 2.28. The van der Waals surface area contributed by atoms with E-state index in [2.05, 4.69) is 5.32 Å². The van der Waals surface area contributed by atoms with Crippen molar-refractivity contribution in [2.24, 2.45) is 5.73 Å². The molecule has 0 heterocycles. The van der Waals surface area contributed by atoms with Crippen molar-refractivity contribution in [3.05, 3.63) is 34.9 Å². The number of carboxylic acids is 1. The van der Waals surface area contributed by atoms with Crippen LogP contribution < -0.4 is 11.1 Å². The Hall–Kier alpha value is -1.59. The molecule has 1 aromatic carbocycles. The molecule has 0 saturated heterocycles. The van der Waals surface area contributed by atoms with Gasteiger partial charge in [0.05, 0.1) is 13.0 Å². The molecule has 4 N–H and O–H groups in total. The van der Waals surface area contributed by atoms with Crippen LogP contribution in [0.15, 0.2) is 24.3 Å². The number of carbonyl (C=O) groups is 2. The maximum Gasteiger partial charge on any atom is 0.304 e. The summed E-state index contributed by atoms with van der Waals surface area (Å²) >= 11 is 5.77. The van der Waals surface area contributed by atoms with Crippen molar-refractivity contribution in [3.8, 4) is 0 Å².